The molecule has 128 valence electrons. The molecule has 1 aliphatic rings. The van der Waals surface area contributed by atoms with Crippen LogP contribution in [0.25, 0.3) is 0 Å². The minimum Gasteiger partial charge on any atom is -0.490 e. The van der Waals surface area contributed by atoms with E-state index in [1.54, 1.807) is 12.1 Å². The van der Waals surface area contributed by atoms with Gasteiger partial charge in [0.2, 0.25) is 0 Å². The van der Waals surface area contributed by atoms with Gasteiger partial charge in [0.15, 0.2) is 11.5 Å². The van der Waals surface area contributed by atoms with Crippen LogP contribution in [0.4, 0.5) is 0 Å². The Bertz CT molecular complexity index is 522. The first-order valence-corrected chi connectivity index (χ1v) is 8.39. The number of nitrogens with zero attached hydrogens (tertiary/aromatic N) is 1. The summed E-state index contributed by atoms with van der Waals surface area (Å²) in [6, 6.07) is 5.41. The molecule has 0 bridgehead atoms. The van der Waals surface area contributed by atoms with Crippen molar-refractivity contribution in [2.24, 2.45) is 0 Å². The molecular weight excluding hydrogens is 294 g/mol. The van der Waals surface area contributed by atoms with Gasteiger partial charge in [0.05, 0.1) is 25.4 Å². The number of rotatable bonds is 6. The highest BCUT2D eigenvalue weighted by atomic mass is 16.5. The number of hydrogen-bond acceptors (Lipinski definition) is 4. The standard InChI is InChI=1S/C18H27NO4/c1-5-9-22-16-8-7-15(10-17(16)21-6-2)18(20)19-11-13(3)23-14(4)12-19/h7-8,10,13-14H,5-6,9,11-12H2,1-4H3. The number of benzene rings is 1. The smallest absolute Gasteiger partial charge is 0.254 e. The first kappa shape index (κ1) is 17.6. The average Bonchev–Trinajstić information content (AvgIpc) is 2.52. The zero-order chi connectivity index (χ0) is 16.8. The van der Waals surface area contributed by atoms with Crippen molar-refractivity contribution in [3.8, 4) is 11.5 Å². The minimum atomic E-state index is 0.00925. The lowest BCUT2D eigenvalue weighted by Crippen LogP contribution is -2.48. The molecule has 2 unspecified atom stereocenters. The van der Waals surface area contributed by atoms with E-state index in [-0.39, 0.29) is 18.1 Å². The maximum atomic E-state index is 12.7. The SMILES string of the molecule is CCCOc1ccc(C(=O)N2CC(C)OC(C)C2)cc1OCC. The summed E-state index contributed by atoms with van der Waals surface area (Å²) in [5, 5.41) is 0. The molecule has 0 spiro atoms. The Hall–Kier alpha value is -1.75. The van der Waals surface area contributed by atoms with Crippen LogP contribution < -0.4 is 9.47 Å². The molecule has 1 fully saturated rings. The second-order valence-corrected chi connectivity index (χ2v) is 5.91. The van der Waals surface area contributed by atoms with Gasteiger partial charge in [-0.15, -0.1) is 0 Å². The fraction of sp³-hybridized carbons (Fsp3) is 0.611. The molecular formula is C18H27NO4. The summed E-state index contributed by atoms with van der Waals surface area (Å²) in [6.07, 6.45) is 1.04. The highest BCUT2D eigenvalue weighted by molar-refractivity contribution is 5.95. The van der Waals surface area contributed by atoms with Crippen LogP contribution in [0.15, 0.2) is 18.2 Å². The molecule has 2 atom stereocenters. The van der Waals surface area contributed by atoms with E-state index in [0.29, 0.717) is 43.4 Å². The fourth-order valence-electron chi connectivity index (χ4n) is 2.77. The van der Waals surface area contributed by atoms with Crippen LogP contribution in [0.5, 0.6) is 11.5 Å². The van der Waals surface area contributed by atoms with Gasteiger partial charge in [0.1, 0.15) is 0 Å². The summed E-state index contributed by atoms with van der Waals surface area (Å²) in [7, 11) is 0. The Morgan fingerprint density at radius 2 is 1.87 bits per heavy atom. The van der Waals surface area contributed by atoms with Crippen LogP contribution in [0, 0.1) is 0 Å². The fourth-order valence-corrected chi connectivity index (χ4v) is 2.77. The third kappa shape index (κ3) is 4.61. The molecule has 1 aromatic rings. The van der Waals surface area contributed by atoms with Crippen LogP contribution >= 0.6 is 0 Å². The van der Waals surface area contributed by atoms with Crippen molar-refractivity contribution in [2.75, 3.05) is 26.3 Å². The van der Waals surface area contributed by atoms with Gasteiger partial charge in [-0.2, -0.15) is 0 Å². The van der Waals surface area contributed by atoms with E-state index in [4.69, 9.17) is 14.2 Å². The van der Waals surface area contributed by atoms with E-state index in [2.05, 4.69) is 6.92 Å². The van der Waals surface area contributed by atoms with Gasteiger partial charge in [-0.05, 0) is 45.4 Å². The highest BCUT2D eigenvalue weighted by Crippen LogP contribution is 2.29. The molecule has 1 heterocycles. The first-order chi connectivity index (χ1) is 11.0. The maximum Gasteiger partial charge on any atom is 0.254 e. The normalized spacial score (nSPS) is 21.1. The van der Waals surface area contributed by atoms with Gasteiger partial charge in [0, 0.05) is 18.7 Å². The van der Waals surface area contributed by atoms with Crippen molar-refractivity contribution < 1.29 is 19.0 Å². The number of carbonyl (C=O) groups is 1. The van der Waals surface area contributed by atoms with Crippen LogP contribution in [-0.2, 0) is 4.74 Å². The van der Waals surface area contributed by atoms with E-state index in [1.165, 1.54) is 0 Å². The zero-order valence-electron chi connectivity index (χ0n) is 14.5. The molecule has 0 aromatic heterocycles. The predicted molar refractivity (Wildman–Crippen MR) is 89.3 cm³/mol. The second kappa shape index (κ2) is 8.20. The van der Waals surface area contributed by atoms with Gasteiger partial charge < -0.3 is 19.1 Å². The van der Waals surface area contributed by atoms with Gasteiger partial charge in [-0.3, -0.25) is 4.79 Å². The first-order valence-electron chi connectivity index (χ1n) is 8.39. The topological polar surface area (TPSA) is 48.0 Å². The number of ether oxygens (including phenoxy) is 3. The second-order valence-electron chi connectivity index (χ2n) is 5.91. The molecule has 1 aliphatic heterocycles. The Morgan fingerprint density at radius 3 is 2.48 bits per heavy atom. The molecule has 0 saturated carbocycles. The molecule has 23 heavy (non-hydrogen) atoms. The summed E-state index contributed by atoms with van der Waals surface area (Å²) < 4.78 is 17.0. The van der Waals surface area contributed by atoms with Crippen molar-refractivity contribution in [1.82, 2.24) is 4.90 Å². The quantitative estimate of drug-likeness (QED) is 0.808. The van der Waals surface area contributed by atoms with Gasteiger partial charge in [0.25, 0.3) is 5.91 Å². The Balaban J connectivity index is 2.17. The molecule has 0 N–H and O–H groups in total. The zero-order valence-corrected chi connectivity index (χ0v) is 14.5. The van der Waals surface area contributed by atoms with E-state index in [1.807, 2.05) is 31.7 Å². The lowest BCUT2D eigenvalue weighted by atomic mass is 10.1. The van der Waals surface area contributed by atoms with E-state index in [9.17, 15) is 4.79 Å². The van der Waals surface area contributed by atoms with Crippen molar-refractivity contribution >= 4 is 5.91 Å². The molecule has 1 saturated heterocycles. The lowest BCUT2D eigenvalue weighted by Gasteiger charge is -2.35. The van der Waals surface area contributed by atoms with Crippen molar-refractivity contribution in [1.29, 1.82) is 0 Å². The van der Waals surface area contributed by atoms with Crippen LogP contribution in [-0.4, -0.2) is 49.3 Å². The molecule has 0 aliphatic carbocycles. The Labute approximate surface area is 138 Å². The number of amides is 1. The summed E-state index contributed by atoms with van der Waals surface area (Å²) in [5.74, 6) is 1.32. The van der Waals surface area contributed by atoms with Gasteiger partial charge in [-0.25, -0.2) is 0 Å². The molecule has 1 aromatic carbocycles. The number of carbonyl (C=O) groups excluding carboxylic acids is 1. The molecule has 1 amide bonds. The monoisotopic (exact) mass is 321 g/mol. The Morgan fingerprint density at radius 1 is 1.17 bits per heavy atom. The highest BCUT2D eigenvalue weighted by Gasteiger charge is 2.27. The summed E-state index contributed by atoms with van der Waals surface area (Å²) in [6.45, 7) is 10.3. The van der Waals surface area contributed by atoms with Crippen LogP contribution in [0.2, 0.25) is 0 Å². The Kier molecular flexibility index (Phi) is 6.28. The summed E-state index contributed by atoms with van der Waals surface area (Å²) >= 11 is 0. The van der Waals surface area contributed by atoms with Crippen molar-refractivity contribution in [3.63, 3.8) is 0 Å². The lowest BCUT2D eigenvalue weighted by molar-refractivity contribution is -0.0586. The van der Waals surface area contributed by atoms with E-state index >= 15 is 0 Å². The third-order valence-corrected chi connectivity index (χ3v) is 3.66. The number of morpholine rings is 1. The van der Waals surface area contributed by atoms with E-state index < -0.39 is 0 Å². The van der Waals surface area contributed by atoms with Gasteiger partial charge in [-0.1, -0.05) is 6.92 Å². The molecule has 5 nitrogen and oxygen atoms in total. The molecule has 0 radical (unpaired) electrons. The van der Waals surface area contributed by atoms with Gasteiger partial charge >= 0.3 is 0 Å². The molecule has 5 heteroatoms. The summed E-state index contributed by atoms with van der Waals surface area (Å²) in [4.78, 5) is 14.6. The summed E-state index contributed by atoms with van der Waals surface area (Å²) in [5.41, 5.74) is 0.624. The maximum absolute atomic E-state index is 12.7. The minimum absolute atomic E-state index is 0.00925. The van der Waals surface area contributed by atoms with E-state index in [0.717, 1.165) is 6.42 Å². The number of hydrogen-bond donors (Lipinski definition) is 0. The predicted octanol–water partition coefficient (Wildman–Crippen LogP) is 3.12. The van der Waals surface area contributed by atoms with Crippen molar-refractivity contribution in [3.05, 3.63) is 23.8 Å². The van der Waals surface area contributed by atoms with Crippen LogP contribution in [0.3, 0.4) is 0 Å². The van der Waals surface area contributed by atoms with Crippen molar-refractivity contribution in [2.45, 2.75) is 46.3 Å². The molecule has 2 rings (SSSR count). The van der Waals surface area contributed by atoms with Crippen LogP contribution in [0.1, 0.15) is 44.5 Å². The largest absolute Gasteiger partial charge is 0.490 e. The third-order valence-electron chi connectivity index (χ3n) is 3.66. The average molecular weight is 321 g/mol.